The van der Waals surface area contributed by atoms with Crippen LogP contribution < -0.4 is 5.32 Å². The fourth-order valence-electron chi connectivity index (χ4n) is 3.11. The van der Waals surface area contributed by atoms with Gasteiger partial charge in [-0.2, -0.15) is 4.31 Å². The van der Waals surface area contributed by atoms with Crippen molar-refractivity contribution in [3.63, 3.8) is 0 Å². The Labute approximate surface area is 161 Å². The van der Waals surface area contributed by atoms with E-state index in [1.807, 2.05) is 26.8 Å². The maximum absolute atomic E-state index is 12.9. The summed E-state index contributed by atoms with van der Waals surface area (Å²) in [5, 5.41) is 2.89. The van der Waals surface area contributed by atoms with E-state index in [0.717, 1.165) is 17.0 Å². The molecule has 0 saturated heterocycles. The summed E-state index contributed by atoms with van der Waals surface area (Å²) in [6.45, 7) is 11.8. The van der Waals surface area contributed by atoms with Gasteiger partial charge in [0.15, 0.2) is 0 Å². The van der Waals surface area contributed by atoms with Crippen molar-refractivity contribution in [1.82, 2.24) is 9.29 Å². The monoisotopic (exact) mass is 389 g/mol. The van der Waals surface area contributed by atoms with Gasteiger partial charge in [0, 0.05) is 24.3 Å². The van der Waals surface area contributed by atoms with Gasteiger partial charge in [-0.3, -0.25) is 9.78 Å². The van der Waals surface area contributed by atoms with Crippen LogP contribution in [0, 0.1) is 27.7 Å². The van der Waals surface area contributed by atoms with Gasteiger partial charge >= 0.3 is 0 Å². The van der Waals surface area contributed by atoms with Gasteiger partial charge < -0.3 is 5.32 Å². The van der Waals surface area contributed by atoms with E-state index in [1.54, 1.807) is 32.9 Å². The number of nitrogens with one attached hydrogen (secondary N) is 1. The van der Waals surface area contributed by atoms with Crippen LogP contribution in [0.1, 0.15) is 46.7 Å². The van der Waals surface area contributed by atoms with E-state index in [2.05, 4.69) is 10.3 Å². The number of carbonyl (C=O) groups is 1. The topological polar surface area (TPSA) is 79.4 Å². The average molecular weight is 390 g/mol. The van der Waals surface area contributed by atoms with Gasteiger partial charge in [0.1, 0.15) is 0 Å². The highest BCUT2D eigenvalue weighted by molar-refractivity contribution is 7.89. The van der Waals surface area contributed by atoms with Crippen LogP contribution in [0.3, 0.4) is 0 Å². The fourth-order valence-corrected chi connectivity index (χ4v) is 4.60. The molecule has 7 heteroatoms. The van der Waals surface area contributed by atoms with Gasteiger partial charge in [-0.1, -0.05) is 19.9 Å². The van der Waals surface area contributed by atoms with E-state index in [-0.39, 0.29) is 10.8 Å². The van der Waals surface area contributed by atoms with Gasteiger partial charge in [0.25, 0.3) is 5.91 Å². The lowest BCUT2D eigenvalue weighted by atomic mass is 10.1. The zero-order valence-corrected chi connectivity index (χ0v) is 17.6. The molecule has 0 radical (unpaired) electrons. The van der Waals surface area contributed by atoms with E-state index in [9.17, 15) is 13.2 Å². The molecule has 0 fully saturated rings. The number of rotatable bonds is 6. The predicted octanol–water partition coefficient (Wildman–Crippen LogP) is 3.60. The molecule has 0 aliphatic heterocycles. The Bertz CT molecular complexity index is 941. The first-order valence-electron chi connectivity index (χ1n) is 8.98. The number of anilines is 1. The molecule has 146 valence electrons. The molecule has 2 aromatic rings. The SMILES string of the molecule is CCN(CC)S(=O)(=O)c1ccc(C)c(C(=O)Nc2c(C)cc(C)nc2C)c1. The maximum Gasteiger partial charge on any atom is 0.256 e. The molecule has 0 bridgehead atoms. The fraction of sp³-hybridized carbons (Fsp3) is 0.400. The zero-order chi connectivity index (χ0) is 20.4. The first-order chi connectivity index (χ1) is 12.6. The first-order valence-corrected chi connectivity index (χ1v) is 10.4. The second-order valence-corrected chi connectivity index (χ2v) is 8.50. The lowest BCUT2D eigenvalue weighted by Gasteiger charge is -2.19. The number of pyridine rings is 1. The molecule has 27 heavy (non-hydrogen) atoms. The number of carbonyl (C=O) groups excluding carboxylic acids is 1. The highest BCUT2D eigenvalue weighted by Gasteiger charge is 2.23. The van der Waals surface area contributed by atoms with Crippen LogP contribution >= 0.6 is 0 Å². The summed E-state index contributed by atoms with van der Waals surface area (Å²) >= 11 is 0. The second kappa shape index (κ2) is 8.19. The van der Waals surface area contributed by atoms with E-state index < -0.39 is 10.0 Å². The van der Waals surface area contributed by atoms with Crippen molar-refractivity contribution in [2.75, 3.05) is 18.4 Å². The summed E-state index contributed by atoms with van der Waals surface area (Å²) in [7, 11) is -3.63. The summed E-state index contributed by atoms with van der Waals surface area (Å²) in [4.78, 5) is 17.4. The molecule has 0 saturated carbocycles. The molecule has 0 aliphatic carbocycles. The number of benzene rings is 1. The molecular weight excluding hydrogens is 362 g/mol. The highest BCUT2D eigenvalue weighted by Crippen LogP contribution is 2.23. The molecule has 1 amide bonds. The minimum absolute atomic E-state index is 0.123. The summed E-state index contributed by atoms with van der Waals surface area (Å²) in [6.07, 6.45) is 0. The van der Waals surface area contributed by atoms with Crippen LogP contribution in [0.25, 0.3) is 0 Å². The largest absolute Gasteiger partial charge is 0.320 e. The van der Waals surface area contributed by atoms with Gasteiger partial charge in [-0.25, -0.2) is 8.42 Å². The molecule has 6 nitrogen and oxygen atoms in total. The number of sulfonamides is 1. The van der Waals surface area contributed by atoms with Crippen LogP contribution in [0.2, 0.25) is 0 Å². The summed E-state index contributed by atoms with van der Waals surface area (Å²) in [6, 6.07) is 6.56. The number of hydrogen-bond acceptors (Lipinski definition) is 4. The predicted molar refractivity (Wildman–Crippen MR) is 108 cm³/mol. The van der Waals surface area contributed by atoms with Gasteiger partial charge in [-0.15, -0.1) is 0 Å². The van der Waals surface area contributed by atoms with Crippen molar-refractivity contribution in [1.29, 1.82) is 0 Å². The second-order valence-electron chi connectivity index (χ2n) is 6.56. The van der Waals surface area contributed by atoms with Crippen molar-refractivity contribution in [3.8, 4) is 0 Å². The van der Waals surface area contributed by atoms with E-state index in [0.29, 0.717) is 29.9 Å². The third-order valence-corrected chi connectivity index (χ3v) is 6.61. The summed E-state index contributed by atoms with van der Waals surface area (Å²) in [5.74, 6) is -0.346. The molecular formula is C20H27N3O3S. The van der Waals surface area contributed by atoms with Crippen molar-refractivity contribution >= 4 is 21.6 Å². The Morgan fingerprint density at radius 1 is 1.04 bits per heavy atom. The summed E-state index contributed by atoms with van der Waals surface area (Å²) < 4.78 is 26.9. The van der Waals surface area contributed by atoms with Crippen LogP contribution in [0.4, 0.5) is 5.69 Å². The maximum atomic E-state index is 12.9. The van der Waals surface area contributed by atoms with Crippen LogP contribution in [-0.2, 0) is 10.0 Å². The molecule has 2 rings (SSSR count). The quantitative estimate of drug-likeness (QED) is 0.819. The number of hydrogen-bond donors (Lipinski definition) is 1. The van der Waals surface area contributed by atoms with Gasteiger partial charge in [0.05, 0.1) is 16.3 Å². The van der Waals surface area contributed by atoms with E-state index >= 15 is 0 Å². The van der Waals surface area contributed by atoms with Crippen molar-refractivity contribution < 1.29 is 13.2 Å². The minimum Gasteiger partial charge on any atom is -0.320 e. The third kappa shape index (κ3) is 4.36. The summed E-state index contributed by atoms with van der Waals surface area (Å²) in [5.41, 5.74) is 4.22. The van der Waals surface area contributed by atoms with Crippen LogP contribution in [-0.4, -0.2) is 36.7 Å². The number of aryl methyl sites for hydroxylation is 4. The van der Waals surface area contributed by atoms with Crippen LogP contribution in [0.5, 0.6) is 0 Å². The van der Waals surface area contributed by atoms with Crippen molar-refractivity contribution in [2.45, 2.75) is 46.4 Å². The minimum atomic E-state index is -3.63. The molecule has 0 aliphatic rings. The standard InChI is InChI=1S/C20H27N3O3S/c1-7-23(8-2)27(25,26)17-10-9-13(3)18(12-17)20(24)22-19-14(4)11-15(5)21-16(19)6/h9-12H,7-8H2,1-6H3,(H,22,24). The molecule has 1 N–H and O–H groups in total. The van der Waals surface area contributed by atoms with Crippen LogP contribution in [0.15, 0.2) is 29.2 Å². The number of amides is 1. The van der Waals surface area contributed by atoms with Crippen molar-refractivity contribution in [3.05, 3.63) is 52.3 Å². The molecule has 0 atom stereocenters. The first kappa shape index (κ1) is 21.1. The van der Waals surface area contributed by atoms with Crippen molar-refractivity contribution in [2.24, 2.45) is 0 Å². The molecule has 0 spiro atoms. The normalized spacial score (nSPS) is 11.7. The molecule has 1 heterocycles. The smallest absolute Gasteiger partial charge is 0.256 e. The van der Waals surface area contributed by atoms with E-state index in [4.69, 9.17) is 0 Å². The third-order valence-electron chi connectivity index (χ3n) is 4.56. The Morgan fingerprint density at radius 3 is 2.22 bits per heavy atom. The Kier molecular flexibility index (Phi) is 6.38. The number of aromatic nitrogens is 1. The Morgan fingerprint density at radius 2 is 1.67 bits per heavy atom. The Balaban J connectivity index is 2.43. The van der Waals surface area contributed by atoms with Gasteiger partial charge in [-0.05, 0) is 57.0 Å². The van der Waals surface area contributed by atoms with E-state index in [1.165, 1.54) is 10.4 Å². The Hall–Kier alpha value is -2.25. The number of nitrogens with zero attached hydrogens (tertiary/aromatic N) is 2. The molecule has 1 aromatic carbocycles. The zero-order valence-electron chi connectivity index (χ0n) is 16.8. The van der Waals surface area contributed by atoms with Gasteiger partial charge in [0.2, 0.25) is 10.0 Å². The lowest BCUT2D eigenvalue weighted by Crippen LogP contribution is -2.30. The molecule has 0 unspecified atom stereocenters. The average Bonchev–Trinajstić information content (AvgIpc) is 2.58. The lowest BCUT2D eigenvalue weighted by molar-refractivity contribution is 0.102. The molecule has 1 aromatic heterocycles. The highest BCUT2D eigenvalue weighted by atomic mass is 32.2.